The molecule has 2 heterocycles. The molecule has 19 heavy (non-hydrogen) atoms. The van der Waals surface area contributed by atoms with E-state index in [0.29, 0.717) is 11.5 Å². The van der Waals surface area contributed by atoms with Crippen LogP contribution in [-0.4, -0.2) is 28.8 Å². The van der Waals surface area contributed by atoms with Gasteiger partial charge in [-0.1, -0.05) is 11.3 Å². The quantitative estimate of drug-likeness (QED) is 0.649. The van der Waals surface area contributed by atoms with Crippen LogP contribution in [0.3, 0.4) is 0 Å². The third-order valence-corrected chi connectivity index (χ3v) is 4.14. The minimum atomic E-state index is 0.697. The van der Waals surface area contributed by atoms with Gasteiger partial charge < -0.3 is 9.47 Å². The smallest absolute Gasteiger partial charge is 0.213 e. The van der Waals surface area contributed by atoms with Crippen molar-refractivity contribution in [1.29, 1.82) is 0 Å². The molecule has 3 aromatic rings. The van der Waals surface area contributed by atoms with E-state index in [2.05, 4.69) is 32.7 Å². The lowest BCUT2D eigenvalue weighted by atomic mass is 10.2. The highest BCUT2D eigenvalue weighted by Gasteiger charge is 2.11. The Morgan fingerprint density at radius 2 is 2.00 bits per heavy atom. The largest absolute Gasteiger partial charge is 0.493 e. The van der Waals surface area contributed by atoms with Gasteiger partial charge >= 0.3 is 0 Å². The normalized spacial score (nSPS) is 10.9. The lowest BCUT2D eigenvalue weighted by Gasteiger charge is -2.07. The van der Waals surface area contributed by atoms with E-state index in [1.54, 1.807) is 30.1 Å². The fourth-order valence-electron chi connectivity index (χ4n) is 1.76. The minimum absolute atomic E-state index is 0.697. The van der Waals surface area contributed by atoms with Gasteiger partial charge in [-0.2, -0.15) is 5.10 Å². The summed E-state index contributed by atoms with van der Waals surface area (Å²) in [5, 5.41) is 5.41. The molecule has 0 radical (unpaired) electrons. The summed E-state index contributed by atoms with van der Waals surface area (Å²) in [5.41, 5.74) is 0.989. The van der Waals surface area contributed by atoms with Crippen LogP contribution in [0.4, 0.5) is 0 Å². The second-order valence-corrected chi connectivity index (χ2v) is 5.83. The van der Waals surface area contributed by atoms with E-state index in [4.69, 9.17) is 9.47 Å². The Balaban J connectivity index is 2.07. The molecule has 0 aliphatic rings. The Morgan fingerprint density at radius 3 is 2.68 bits per heavy atom. The molecule has 0 aliphatic heterocycles. The van der Waals surface area contributed by atoms with Crippen LogP contribution >= 0.6 is 33.9 Å². The van der Waals surface area contributed by atoms with Crippen molar-refractivity contribution < 1.29 is 9.47 Å². The fraction of sp³-hybridized carbons (Fsp3) is 0.167. The molecule has 0 atom stereocenters. The van der Waals surface area contributed by atoms with E-state index in [0.717, 1.165) is 19.2 Å². The third kappa shape index (κ3) is 2.27. The molecule has 98 valence electrons. The Bertz CT molecular complexity index is 706. The molecule has 0 N–H and O–H groups in total. The van der Waals surface area contributed by atoms with Crippen molar-refractivity contribution in [2.45, 2.75) is 0 Å². The molecule has 0 unspecified atom stereocenters. The zero-order valence-corrected chi connectivity index (χ0v) is 13.2. The number of hydrogen-bond acceptors (Lipinski definition) is 5. The van der Waals surface area contributed by atoms with Crippen molar-refractivity contribution in [3.05, 3.63) is 28.1 Å². The first-order chi connectivity index (χ1) is 9.21. The summed E-state index contributed by atoms with van der Waals surface area (Å²) in [7, 11) is 3.25. The Kier molecular flexibility index (Phi) is 3.31. The van der Waals surface area contributed by atoms with Crippen LogP contribution in [0, 0.1) is 3.70 Å². The number of nitrogens with zero attached hydrogens (tertiary/aromatic N) is 3. The van der Waals surface area contributed by atoms with Gasteiger partial charge in [0.05, 0.1) is 20.4 Å². The van der Waals surface area contributed by atoms with Gasteiger partial charge in [-0.05, 0) is 40.8 Å². The molecule has 2 aromatic heterocycles. The molecule has 0 saturated carbocycles. The summed E-state index contributed by atoms with van der Waals surface area (Å²) >= 11 is 3.72. The standard InChI is InChI=1S/C12H10IN3O2S/c1-17-8-4-3-7(5-9(8)18-2)11-15-16-6-10(13)14-12(16)19-11/h3-6H,1-2H3. The summed E-state index contributed by atoms with van der Waals surface area (Å²) in [5.74, 6) is 1.41. The molecule has 0 saturated heterocycles. The van der Waals surface area contributed by atoms with Gasteiger partial charge in [0.2, 0.25) is 4.96 Å². The van der Waals surface area contributed by atoms with Gasteiger partial charge in [0, 0.05) is 5.56 Å². The van der Waals surface area contributed by atoms with E-state index in [9.17, 15) is 0 Å². The summed E-state index contributed by atoms with van der Waals surface area (Å²) in [6.45, 7) is 0. The molecular weight excluding hydrogens is 377 g/mol. The molecule has 1 aromatic carbocycles. The van der Waals surface area contributed by atoms with Crippen molar-refractivity contribution in [1.82, 2.24) is 14.6 Å². The second kappa shape index (κ2) is 4.97. The monoisotopic (exact) mass is 387 g/mol. The van der Waals surface area contributed by atoms with Gasteiger partial charge in [0.15, 0.2) is 11.5 Å². The molecule has 0 spiro atoms. The molecular formula is C12H10IN3O2S. The second-order valence-electron chi connectivity index (χ2n) is 3.77. The third-order valence-electron chi connectivity index (χ3n) is 2.64. The predicted octanol–water partition coefficient (Wildman–Crippen LogP) is 3.08. The van der Waals surface area contributed by atoms with E-state index in [1.807, 2.05) is 24.4 Å². The van der Waals surface area contributed by atoms with Crippen LogP contribution in [0.1, 0.15) is 0 Å². The minimum Gasteiger partial charge on any atom is -0.493 e. The lowest BCUT2D eigenvalue weighted by molar-refractivity contribution is 0.355. The fourth-order valence-corrected chi connectivity index (χ4v) is 3.29. The average molecular weight is 387 g/mol. The van der Waals surface area contributed by atoms with Gasteiger partial charge in [-0.3, -0.25) is 0 Å². The molecule has 3 rings (SSSR count). The first-order valence-electron chi connectivity index (χ1n) is 5.45. The molecule has 0 bridgehead atoms. The van der Waals surface area contributed by atoms with E-state index in [1.165, 1.54) is 0 Å². The maximum absolute atomic E-state index is 5.30. The number of benzene rings is 1. The highest BCUT2D eigenvalue weighted by Crippen LogP contribution is 2.34. The summed E-state index contributed by atoms with van der Waals surface area (Å²) in [6, 6.07) is 5.76. The zero-order chi connectivity index (χ0) is 13.4. The Labute approximate surface area is 127 Å². The molecule has 5 nitrogen and oxygen atoms in total. The molecule has 0 amide bonds. The summed E-state index contributed by atoms with van der Waals surface area (Å²) < 4.78 is 13.3. The van der Waals surface area contributed by atoms with Crippen LogP contribution in [0.2, 0.25) is 0 Å². The van der Waals surface area contributed by atoms with Crippen molar-refractivity contribution in [2.75, 3.05) is 14.2 Å². The number of ether oxygens (including phenoxy) is 2. The molecule has 0 aliphatic carbocycles. The number of aromatic nitrogens is 3. The van der Waals surface area contributed by atoms with Crippen molar-refractivity contribution in [3.63, 3.8) is 0 Å². The highest BCUT2D eigenvalue weighted by atomic mass is 127. The van der Waals surface area contributed by atoms with E-state index in [-0.39, 0.29) is 0 Å². The van der Waals surface area contributed by atoms with Crippen LogP contribution in [0.25, 0.3) is 15.5 Å². The highest BCUT2D eigenvalue weighted by molar-refractivity contribution is 14.1. The van der Waals surface area contributed by atoms with Crippen LogP contribution in [0.5, 0.6) is 11.5 Å². The van der Waals surface area contributed by atoms with Gasteiger partial charge in [0.1, 0.15) is 8.71 Å². The van der Waals surface area contributed by atoms with Gasteiger partial charge in [-0.25, -0.2) is 9.50 Å². The maximum atomic E-state index is 5.30. The van der Waals surface area contributed by atoms with Crippen LogP contribution in [0.15, 0.2) is 24.4 Å². The van der Waals surface area contributed by atoms with E-state index >= 15 is 0 Å². The van der Waals surface area contributed by atoms with Gasteiger partial charge in [-0.15, -0.1) is 0 Å². The molecule has 0 fully saturated rings. The van der Waals surface area contributed by atoms with E-state index < -0.39 is 0 Å². The number of methoxy groups -OCH3 is 2. The summed E-state index contributed by atoms with van der Waals surface area (Å²) in [6.07, 6.45) is 1.90. The first kappa shape index (κ1) is 12.7. The van der Waals surface area contributed by atoms with Crippen molar-refractivity contribution >= 4 is 38.9 Å². The number of halogens is 1. The Hall–Kier alpha value is -1.35. The summed E-state index contributed by atoms with van der Waals surface area (Å²) in [4.78, 5) is 5.27. The number of hydrogen-bond donors (Lipinski definition) is 0. The zero-order valence-electron chi connectivity index (χ0n) is 10.3. The first-order valence-corrected chi connectivity index (χ1v) is 7.35. The average Bonchev–Trinajstić information content (AvgIpc) is 2.95. The van der Waals surface area contributed by atoms with Crippen LogP contribution < -0.4 is 9.47 Å². The van der Waals surface area contributed by atoms with Crippen LogP contribution in [-0.2, 0) is 0 Å². The number of fused-ring (bicyclic) bond motifs is 1. The van der Waals surface area contributed by atoms with Crippen molar-refractivity contribution in [2.24, 2.45) is 0 Å². The topological polar surface area (TPSA) is 48.7 Å². The lowest BCUT2D eigenvalue weighted by Crippen LogP contribution is -1.91. The maximum Gasteiger partial charge on any atom is 0.213 e. The van der Waals surface area contributed by atoms with Gasteiger partial charge in [0.25, 0.3) is 0 Å². The number of imidazole rings is 1. The van der Waals surface area contributed by atoms with Crippen molar-refractivity contribution in [3.8, 4) is 22.1 Å². The predicted molar refractivity (Wildman–Crippen MR) is 82.1 cm³/mol. The Morgan fingerprint density at radius 1 is 1.21 bits per heavy atom. The SMILES string of the molecule is COc1ccc(-c2nn3cc(I)nc3s2)cc1OC. The number of rotatable bonds is 3. The molecule has 7 heteroatoms.